The summed E-state index contributed by atoms with van der Waals surface area (Å²) in [5.74, 6) is -1.24. The van der Waals surface area contributed by atoms with E-state index in [1.54, 1.807) is 6.92 Å². The number of ether oxygens (including phenoxy) is 1. The number of fused-ring (bicyclic) bond motifs is 1. The Morgan fingerprint density at radius 1 is 1.16 bits per heavy atom. The predicted octanol–water partition coefficient (Wildman–Crippen LogP) is 2.34. The zero-order valence-corrected chi connectivity index (χ0v) is 10.4. The van der Waals surface area contributed by atoms with Crippen molar-refractivity contribution in [3.8, 4) is 0 Å². The van der Waals surface area contributed by atoms with Crippen LogP contribution >= 0.6 is 0 Å². The highest BCUT2D eigenvalue weighted by molar-refractivity contribution is 6.03. The summed E-state index contributed by atoms with van der Waals surface area (Å²) < 4.78 is 5.37. The van der Waals surface area contributed by atoms with E-state index in [2.05, 4.69) is 0 Å². The zero-order valence-electron chi connectivity index (χ0n) is 10.4. The summed E-state index contributed by atoms with van der Waals surface area (Å²) in [6.45, 7) is 1.61. The van der Waals surface area contributed by atoms with Crippen molar-refractivity contribution in [2.24, 2.45) is 5.73 Å². The molecular weight excluding hydrogens is 242 g/mol. The van der Waals surface area contributed by atoms with E-state index in [-0.39, 0.29) is 5.88 Å². The summed E-state index contributed by atoms with van der Waals surface area (Å²) in [5, 5.41) is 11.6. The van der Waals surface area contributed by atoms with Gasteiger partial charge in [0, 0.05) is 5.56 Å². The van der Waals surface area contributed by atoms with E-state index in [1.807, 2.05) is 42.5 Å². The number of nitrogens with two attached hydrogens (primary N) is 1. The maximum atomic E-state index is 12.1. The molecule has 1 aliphatic rings. The number of hydrogen-bond donors (Lipinski definition) is 2. The van der Waals surface area contributed by atoms with Gasteiger partial charge in [-0.05, 0) is 23.8 Å². The van der Waals surface area contributed by atoms with E-state index in [4.69, 9.17) is 10.5 Å². The molecule has 2 aromatic rings. The molecular formula is C15H13NO3. The van der Waals surface area contributed by atoms with Crippen LogP contribution in [0.2, 0.25) is 0 Å². The van der Waals surface area contributed by atoms with E-state index in [0.29, 0.717) is 5.56 Å². The topological polar surface area (TPSA) is 72.6 Å². The van der Waals surface area contributed by atoms with Crippen LogP contribution in [-0.2, 0) is 15.1 Å². The van der Waals surface area contributed by atoms with Crippen molar-refractivity contribution in [3.63, 3.8) is 0 Å². The van der Waals surface area contributed by atoms with Crippen molar-refractivity contribution in [1.82, 2.24) is 0 Å². The molecule has 0 bridgehead atoms. The second-order valence-corrected chi connectivity index (χ2v) is 4.74. The van der Waals surface area contributed by atoms with Crippen LogP contribution in [0.15, 0.2) is 54.1 Å². The summed E-state index contributed by atoms with van der Waals surface area (Å²) in [7, 11) is 0. The molecule has 1 aliphatic heterocycles. The molecule has 0 aromatic heterocycles. The minimum atomic E-state index is -1.25. The summed E-state index contributed by atoms with van der Waals surface area (Å²) in [6, 6.07) is 13.4. The molecule has 0 saturated carbocycles. The third-order valence-corrected chi connectivity index (χ3v) is 3.50. The number of Topliss-reactive ketones (excluding diaryl/α,β-unsaturated/α-hetero) is 1. The molecule has 3 rings (SSSR count). The smallest absolute Gasteiger partial charge is 0.250 e. The largest absolute Gasteiger partial charge is 0.501 e. The van der Waals surface area contributed by atoms with Crippen molar-refractivity contribution >= 4 is 16.6 Å². The molecule has 0 amide bonds. The number of rotatable bonds is 1. The lowest BCUT2D eigenvalue weighted by molar-refractivity contribution is -0.131. The minimum Gasteiger partial charge on any atom is -0.501 e. The van der Waals surface area contributed by atoms with Crippen LogP contribution in [0, 0.1) is 0 Å². The number of aliphatic hydroxyl groups excluding tert-OH is 1. The van der Waals surface area contributed by atoms with Gasteiger partial charge in [0.25, 0.3) is 5.78 Å². The van der Waals surface area contributed by atoms with Crippen molar-refractivity contribution in [1.29, 1.82) is 0 Å². The highest BCUT2D eigenvalue weighted by atomic mass is 16.5. The Hall–Kier alpha value is -2.49. The Balaban J connectivity index is 2.13. The third kappa shape index (κ3) is 1.57. The van der Waals surface area contributed by atoms with Gasteiger partial charge < -0.3 is 15.6 Å². The summed E-state index contributed by atoms with van der Waals surface area (Å²) >= 11 is 0. The lowest BCUT2D eigenvalue weighted by Gasteiger charge is -2.23. The summed E-state index contributed by atoms with van der Waals surface area (Å²) in [5.41, 5.74) is 4.90. The van der Waals surface area contributed by atoms with Crippen LogP contribution in [0.5, 0.6) is 0 Å². The van der Waals surface area contributed by atoms with E-state index < -0.39 is 17.1 Å². The quantitative estimate of drug-likeness (QED) is 0.820. The second kappa shape index (κ2) is 3.75. The first-order chi connectivity index (χ1) is 9.02. The van der Waals surface area contributed by atoms with E-state index in [9.17, 15) is 9.90 Å². The molecule has 3 N–H and O–H groups in total. The first kappa shape index (κ1) is 11.6. The molecule has 0 fully saturated rings. The fourth-order valence-corrected chi connectivity index (χ4v) is 2.33. The van der Waals surface area contributed by atoms with Crippen molar-refractivity contribution in [3.05, 3.63) is 59.7 Å². The first-order valence-electron chi connectivity index (χ1n) is 5.94. The molecule has 0 saturated heterocycles. The lowest BCUT2D eigenvalue weighted by atomic mass is 9.90. The fourth-order valence-electron chi connectivity index (χ4n) is 2.33. The number of aliphatic hydroxyl groups is 1. The zero-order chi connectivity index (χ0) is 13.6. The van der Waals surface area contributed by atoms with Crippen molar-refractivity contribution in [2.45, 2.75) is 12.5 Å². The van der Waals surface area contributed by atoms with Gasteiger partial charge in [-0.25, -0.2) is 0 Å². The molecule has 2 aromatic carbocycles. The second-order valence-electron chi connectivity index (χ2n) is 4.74. The van der Waals surface area contributed by atoms with Crippen molar-refractivity contribution < 1.29 is 14.6 Å². The highest BCUT2D eigenvalue weighted by Gasteiger charge is 2.47. The predicted molar refractivity (Wildman–Crippen MR) is 71.2 cm³/mol. The van der Waals surface area contributed by atoms with Gasteiger partial charge in [0.15, 0.2) is 5.60 Å². The molecule has 1 unspecified atom stereocenters. The Morgan fingerprint density at radius 3 is 2.47 bits per heavy atom. The van der Waals surface area contributed by atoms with E-state index in [0.717, 1.165) is 10.8 Å². The molecule has 0 radical (unpaired) electrons. The van der Waals surface area contributed by atoms with Crippen LogP contribution in [0.1, 0.15) is 12.5 Å². The van der Waals surface area contributed by atoms with Gasteiger partial charge >= 0.3 is 0 Å². The fraction of sp³-hybridized carbons (Fsp3) is 0.133. The standard InChI is InChI=1S/C15H13NO3/c1-15(13(18)12(17)14(16)19-15)11-7-6-9-4-2-3-5-10(9)8-11/h2-8,17H,16H2,1H3. The lowest BCUT2D eigenvalue weighted by Crippen LogP contribution is -2.31. The van der Waals surface area contributed by atoms with Gasteiger partial charge in [0.05, 0.1) is 0 Å². The Kier molecular flexibility index (Phi) is 2.29. The number of benzene rings is 2. The maximum Gasteiger partial charge on any atom is 0.250 e. The average molecular weight is 255 g/mol. The molecule has 19 heavy (non-hydrogen) atoms. The van der Waals surface area contributed by atoms with Crippen LogP contribution in [-0.4, -0.2) is 10.9 Å². The third-order valence-electron chi connectivity index (χ3n) is 3.50. The minimum absolute atomic E-state index is 0.222. The van der Waals surface area contributed by atoms with Crippen LogP contribution < -0.4 is 5.73 Å². The average Bonchev–Trinajstić information content (AvgIpc) is 2.63. The van der Waals surface area contributed by atoms with Gasteiger partial charge in [0.1, 0.15) is 0 Å². The Morgan fingerprint density at radius 2 is 1.84 bits per heavy atom. The normalized spacial score (nSPS) is 22.9. The molecule has 0 spiro atoms. The maximum absolute atomic E-state index is 12.1. The molecule has 96 valence electrons. The first-order valence-corrected chi connectivity index (χ1v) is 5.94. The summed E-state index contributed by atoms with van der Waals surface area (Å²) in [6.07, 6.45) is 0. The van der Waals surface area contributed by atoms with Gasteiger partial charge in [-0.15, -0.1) is 0 Å². The van der Waals surface area contributed by atoms with Gasteiger partial charge in [-0.2, -0.15) is 0 Å². The number of ketones is 1. The van der Waals surface area contributed by atoms with Crippen LogP contribution in [0.25, 0.3) is 10.8 Å². The molecule has 4 nitrogen and oxygen atoms in total. The van der Waals surface area contributed by atoms with Gasteiger partial charge in [0.2, 0.25) is 11.6 Å². The SMILES string of the molecule is CC1(c2ccc3ccccc3c2)OC(N)=C(O)C1=O. The molecule has 1 heterocycles. The van der Waals surface area contributed by atoms with Crippen LogP contribution in [0.3, 0.4) is 0 Å². The number of hydrogen-bond acceptors (Lipinski definition) is 4. The molecule has 1 atom stereocenters. The molecule has 4 heteroatoms. The van der Waals surface area contributed by atoms with Gasteiger partial charge in [-0.1, -0.05) is 36.4 Å². The number of carbonyl (C=O) groups is 1. The van der Waals surface area contributed by atoms with Crippen molar-refractivity contribution in [2.75, 3.05) is 0 Å². The highest BCUT2D eigenvalue weighted by Crippen LogP contribution is 2.37. The molecule has 0 aliphatic carbocycles. The van der Waals surface area contributed by atoms with Gasteiger partial charge in [-0.3, -0.25) is 4.79 Å². The Bertz CT molecular complexity index is 720. The monoisotopic (exact) mass is 255 g/mol. The van der Waals surface area contributed by atoms with E-state index in [1.165, 1.54) is 0 Å². The van der Waals surface area contributed by atoms with E-state index >= 15 is 0 Å². The summed E-state index contributed by atoms with van der Waals surface area (Å²) in [4.78, 5) is 12.1. The van der Waals surface area contributed by atoms with Crippen LogP contribution in [0.4, 0.5) is 0 Å². The Labute approximate surface area is 110 Å². The number of carbonyl (C=O) groups excluding carboxylic acids is 1.